The van der Waals surface area contributed by atoms with Crippen molar-refractivity contribution < 1.29 is 52.1 Å². The average Bonchev–Trinajstić information content (AvgIpc) is 2.60. The van der Waals surface area contributed by atoms with E-state index >= 15 is 0 Å². The molecule has 0 N–H and O–H groups in total. The predicted octanol–water partition coefficient (Wildman–Crippen LogP) is 4.29. The minimum absolute atomic E-state index is 0.0814. The van der Waals surface area contributed by atoms with E-state index in [1.165, 1.54) is 19.5 Å². The van der Waals surface area contributed by atoms with Crippen molar-refractivity contribution in [3.8, 4) is 0 Å². The summed E-state index contributed by atoms with van der Waals surface area (Å²) in [7, 11) is -7.94. The molecule has 1 unspecified atom stereocenters. The topological polar surface area (TPSA) is 68.3 Å². The van der Waals surface area contributed by atoms with Gasteiger partial charge in [0.05, 0.1) is 47.3 Å². The maximum Gasteiger partial charge on any atom is 0.504 e. The molecule has 0 rings (SSSR count). The number of quaternary nitrogens is 2. The standard InChI is InChI=1S/C11H20F6NO4S2.C7H18N/c1-4-6-7-8-18(3,5-2)9(23(19,20)10(12,13)14)24(21,22)11(15,16)17;1-5-7-8(3,4)6-2/h9H,4-8H2,1-3H3;5-7H2,1-4H3/q2*+1. The minimum Gasteiger partial charge on any atom is -0.329 e. The molecule has 32 heavy (non-hydrogen) atoms. The number of hydrogen-bond donors (Lipinski definition) is 0. The second kappa shape index (κ2) is 12.2. The Bertz CT molecular complexity index is 721. The second-order valence-electron chi connectivity index (χ2n) is 8.49. The maximum absolute atomic E-state index is 12.8. The molecule has 0 bridgehead atoms. The van der Waals surface area contributed by atoms with Crippen molar-refractivity contribution in [2.75, 3.05) is 47.3 Å². The van der Waals surface area contributed by atoms with Gasteiger partial charge in [-0.1, -0.05) is 20.3 Å². The lowest BCUT2D eigenvalue weighted by Gasteiger charge is -2.39. The van der Waals surface area contributed by atoms with Crippen LogP contribution in [-0.4, -0.2) is 88.8 Å². The van der Waals surface area contributed by atoms with Gasteiger partial charge < -0.3 is 4.48 Å². The summed E-state index contributed by atoms with van der Waals surface area (Å²) < 4.78 is 120. The first-order chi connectivity index (χ1) is 14.1. The van der Waals surface area contributed by atoms with E-state index < -0.39 is 53.0 Å². The lowest BCUT2D eigenvalue weighted by atomic mass is 10.2. The molecule has 0 saturated carbocycles. The van der Waals surface area contributed by atoms with Gasteiger partial charge in [-0.15, -0.1) is 0 Å². The molecule has 0 heterocycles. The van der Waals surface area contributed by atoms with Crippen molar-refractivity contribution in [3.05, 3.63) is 0 Å². The molecule has 0 aromatic rings. The van der Waals surface area contributed by atoms with Crippen molar-refractivity contribution in [3.63, 3.8) is 0 Å². The van der Waals surface area contributed by atoms with Gasteiger partial charge in [-0.25, -0.2) is 16.8 Å². The van der Waals surface area contributed by atoms with Crippen LogP contribution in [0.1, 0.15) is 53.4 Å². The van der Waals surface area contributed by atoms with E-state index in [0.29, 0.717) is 12.8 Å². The van der Waals surface area contributed by atoms with E-state index in [4.69, 9.17) is 0 Å². The summed E-state index contributed by atoms with van der Waals surface area (Å²) in [6, 6.07) is 0. The van der Waals surface area contributed by atoms with Crippen LogP contribution in [0.5, 0.6) is 0 Å². The monoisotopic (exact) mass is 524 g/mol. The largest absolute Gasteiger partial charge is 0.504 e. The Morgan fingerprint density at radius 3 is 1.28 bits per heavy atom. The molecule has 0 radical (unpaired) electrons. The Labute approximate surface area is 188 Å². The molecule has 0 aromatic carbocycles. The van der Waals surface area contributed by atoms with E-state index in [1.54, 1.807) is 6.92 Å². The minimum atomic E-state index is -6.62. The Balaban J connectivity index is 0. The Morgan fingerprint density at radius 2 is 1.06 bits per heavy atom. The fourth-order valence-corrected chi connectivity index (χ4v) is 7.26. The molecule has 0 aromatic heterocycles. The zero-order valence-electron chi connectivity index (χ0n) is 19.8. The van der Waals surface area contributed by atoms with Crippen LogP contribution in [0.4, 0.5) is 26.3 Å². The van der Waals surface area contributed by atoms with Gasteiger partial charge in [-0.3, -0.25) is 4.48 Å². The third-order valence-corrected chi connectivity index (χ3v) is 10.3. The molecule has 0 aliphatic rings. The number of nitrogens with zero attached hydrogens (tertiary/aromatic N) is 2. The summed E-state index contributed by atoms with van der Waals surface area (Å²) >= 11 is 0. The lowest BCUT2D eigenvalue weighted by molar-refractivity contribution is -0.906. The van der Waals surface area contributed by atoms with Gasteiger partial charge in [0.15, 0.2) is 0 Å². The fraction of sp³-hybridized carbons (Fsp3) is 1.00. The number of sulfone groups is 2. The molecule has 6 nitrogen and oxygen atoms in total. The van der Waals surface area contributed by atoms with Crippen LogP contribution in [-0.2, 0) is 19.7 Å². The van der Waals surface area contributed by atoms with Gasteiger partial charge in [0.1, 0.15) is 0 Å². The van der Waals surface area contributed by atoms with Crippen molar-refractivity contribution in [1.29, 1.82) is 0 Å². The SMILES string of the molecule is CCCCC[N+](C)(CC)C(S(=O)(=O)C(F)(F)F)S(=O)(=O)C(F)(F)F.CCC[N+](C)(C)CC. The third-order valence-electron chi connectivity index (χ3n) is 5.36. The van der Waals surface area contributed by atoms with E-state index in [0.717, 1.165) is 18.5 Å². The van der Waals surface area contributed by atoms with Gasteiger partial charge in [0, 0.05) is 0 Å². The van der Waals surface area contributed by atoms with Gasteiger partial charge >= 0.3 is 35.4 Å². The molecule has 0 amide bonds. The molecular formula is C18H38F6N2O4S2+2. The third kappa shape index (κ3) is 8.98. The number of alkyl halides is 6. The maximum atomic E-state index is 12.8. The number of halogens is 6. The molecule has 0 fully saturated rings. The van der Waals surface area contributed by atoms with Gasteiger partial charge in [0.2, 0.25) is 0 Å². The van der Waals surface area contributed by atoms with Crippen molar-refractivity contribution in [2.24, 2.45) is 0 Å². The Kier molecular flexibility index (Phi) is 12.8. The summed E-state index contributed by atoms with van der Waals surface area (Å²) in [4.78, 5) is 0. The molecule has 196 valence electrons. The first-order valence-corrected chi connectivity index (χ1v) is 13.5. The van der Waals surface area contributed by atoms with Crippen LogP contribution in [0.3, 0.4) is 0 Å². The highest BCUT2D eigenvalue weighted by Gasteiger charge is 2.69. The van der Waals surface area contributed by atoms with Crippen molar-refractivity contribution in [1.82, 2.24) is 0 Å². The molecular weight excluding hydrogens is 486 g/mol. The first-order valence-electron chi connectivity index (χ1n) is 10.4. The molecule has 0 aliphatic heterocycles. The summed E-state index contributed by atoms with van der Waals surface area (Å²) in [5, 5.41) is 0. The van der Waals surface area contributed by atoms with Gasteiger partial charge in [-0.05, 0) is 33.1 Å². The molecule has 0 saturated heterocycles. The number of unbranched alkanes of at least 4 members (excludes halogenated alkanes) is 2. The fourth-order valence-electron chi connectivity index (χ4n) is 2.96. The van der Waals surface area contributed by atoms with Crippen LogP contribution in [0, 0.1) is 0 Å². The highest BCUT2D eigenvalue weighted by molar-refractivity contribution is 8.09. The smallest absolute Gasteiger partial charge is 0.329 e. The Morgan fingerprint density at radius 1 is 0.656 bits per heavy atom. The normalized spacial score (nSPS) is 15.8. The van der Waals surface area contributed by atoms with E-state index in [9.17, 15) is 43.2 Å². The zero-order valence-corrected chi connectivity index (χ0v) is 21.5. The Hall–Kier alpha value is -0.600. The average molecular weight is 525 g/mol. The zero-order chi connectivity index (χ0) is 26.2. The van der Waals surface area contributed by atoms with E-state index in [2.05, 4.69) is 27.9 Å². The van der Waals surface area contributed by atoms with Crippen LogP contribution < -0.4 is 0 Å². The summed E-state index contributed by atoms with van der Waals surface area (Å²) in [6.45, 7) is 8.86. The van der Waals surface area contributed by atoms with E-state index in [1.807, 2.05) is 0 Å². The quantitative estimate of drug-likeness (QED) is 0.230. The number of rotatable bonds is 11. The van der Waals surface area contributed by atoms with Gasteiger partial charge in [-0.2, -0.15) is 26.3 Å². The second-order valence-corrected chi connectivity index (χ2v) is 12.8. The van der Waals surface area contributed by atoms with Crippen LogP contribution >= 0.6 is 0 Å². The lowest BCUT2D eigenvalue weighted by Crippen LogP contribution is -2.63. The van der Waals surface area contributed by atoms with Crippen LogP contribution in [0.2, 0.25) is 0 Å². The summed E-state index contributed by atoms with van der Waals surface area (Å²) in [5.41, 5.74) is -12.3. The van der Waals surface area contributed by atoms with Crippen molar-refractivity contribution in [2.45, 2.75) is 69.1 Å². The predicted molar refractivity (Wildman–Crippen MR) is 113 cm³/mol. The van der Waals surface area contributed by atoms with Crippen molar-refractivity contribution >= 4 is 19.7 Å². The number of hydrogen-bond acceptors (Lipinski definition) is 4. The molecule has 14 heteroatoms. The summed E-state index contributed by atoms with van der Waals surface area (Å²) in [5.74, 6) is 0. The van der Waals surface area contributed by atoms with Crippen LogP contribution in [0.15, 0.2) is 0 Å². The highest BCUT2D eigenvalue weighted by Crippen LogP contribution is 2.40. The van der Waals surface area contributed by atoms with Gasteiger partial charge in [0.25, 0.3) is 0 Å². The van der Waals surface area contributed by atoms with Crippen LogP contribution in [0.25, 0.3) is 0 Å². The highest BCUT2D eigenvalue weighted by atomic mass is 32.3. The summed E-state index contributed by atoms with van der Waals surface area (Å²) in [6.07, 6.45) is 2.34. The van der Waals surface area contributed by atoms with E-state index in [-0.39, 0.29) is 6.42 Å². The molecule has 0 spiro atoms. The molecule has 1 atom stereocenters. The molecule has 0 aliphatic carbocycles. The first kappa shape index (κ1) is 33.6.